The summed E-state index contributed by atoms with van der Waals surface area (Å²) in [7, 11) is -2.61. The van der Waals surface area contributed by atoms with Crippen LogP contribution >= 0.6 is 0 Å². The number of alkyl halides is 3. The zero-order valence-corrected chi connectivity index (χ0v) is 18.1. The molecule has 0 aliphatic heterocycles. The number of aliphatic hydroxyl groups is 1. The highest BCUT2D eigenvalue weighted by Gasteiger charge is 2.30. The predicted molar refractivity (Wildman–Crippen MR) is 113 cm³/mol. The Morgan fingerprint density at radius 1 is 1.00 bits per heavy atom. The van der Waals surface area contributed by atoms with Crippen molar-refractivity contribution in [2.24, 2.45) is 0 Å². The number of pyridine rings is 1. The Labute approximate surface area is 187 Å². The lowest BCUT2D eigenvalue weighted by Crippen LogP contribution is -2.16. The summed E-state index contributed by atoms with van der Waals surface area (Å²) in [4.78, 5) is 3.98. The first kappa shape index (κ1) is 24.1. The Morgan fingerprint density at radius 2 is 1.58 bits per heavy atom. The summed E-state index contributed by atoms with van der Waals surface area (Å²) < 4.78 is 76.6. The molecule has 176 valence electrons. The van der Waals surface area contributed by atoms with Crippen molar-refractivity contribution in [1.82, 2.24) is 4.98 Å². The van der Waals surface area contributed by atoms with E-state index < -0.39 is 28.1 Å². The average molecular weight is 484 g/mol. The van der Waals surface area contributed by atoms with Crippen LogP contribution in [-0.2, 0) is 16.3 Å². The Hall–Kier alpha value is -3.51. The minimum atomic E-state index is -4.43. The third-order valence-corrected chi connectivity index (χ3v) is 4.65. The van der Waals surface area contributed by atoms with Crippen molar-refractivity contribution < 1.29 is 40.4 Å². The molecule has 33 heavy (non-hydrogen) atoms. The second kappa shape index (κ2) is 9.55. The molecule has 12 heteroatoms. The fraction of sp³-hybridized carbons (Fsp3) is 0.190. The number of nitrogens with one attached hydrogen (secondary N) is 1. The summed E-state index contributed by atoms with van der Waals surface area (Å²) in [6.07, 6.45) is -3.73. The Balaban J connectivity index is 1.73. The lowest BCUT2D eigenvalue weighted by molar-refractivity contribution is -0.137. The largest absolute Gasteiger partial charge is 0.493 e. The van der Waals surface area contributed by atoms with Gasteiger partial charge < -0.3 is 24.1 Å². The van der Waals surface area contributed by atoms with Crippen molar-refractivity contribution in [2.45, 2.75) is 12.4 Å². The van der Waals surface area contributed by atoms with Gasteiger partial charge in [-0.3, -0.25) is 4.98 Å². The van der Waals surface area contributed by atoms with Gasteiger partial charge in [-0.05, 0) is 48.5 Å². The number of hydrogen-bond donors (Lipinski definition) is 2. The molecule has 2 N–H and O–H groups in total. The summed E-state index contributed by atoms with van der Waals surface area (Å²) in [5.74, 6) is 0.360. The Morgan fingerprint density at radius 3 is 2.09 bits per heavy atom. The summed E-state index contributed by atoms with van der Waals surface area (Å²) in [6, 6.07) is 11.8. The van der Waals surface area contributed by atoms with Crippen LogP contribution in [-0.4, -0.2) is 31.9 Å². The van der Waals surface area contributed by atoms with Crippen LogP contribution < -0.4 is 19.0 Å². The molecule has 2 aromatic carbocycles. The fourth-order valence-corrected chi connectivity index (χ4v) is 3.20. The number of methoxy groups -OCH3 is 1. The van der Waals surface area contributed by atoms with Gasteiger partial charge in [0, 0.05) is 18.0 Å². The number of hydrogen-bond acceptors (Lipinski definition) is 8. The molecular formula is C21H19F3N2O6S. The van der Waals surface area contributed by atoms with E-state index in [4.69, 9.17) is 13.7 Å². The molecule has 1 aromatic heterocycles. The molecule has 0 aliphatic carbocycles. The molecule has 1 unspecified atom stereocenters. The highest BCUT2D eigenvalue weighted by molar-refractivity contribution is 7.86. The Kier molecular flexibility index (Phi) is 6.98. The molecule has 0 saturated carbocycles. The lowest BCUT2D eigenvalue weighted by Gasteiger charge is -2.18. The van der Waals surface area contributed by atoms with Crippen LogP contribution in [0.25, 0.3) is 0 Å². The van der Waals surface area contributed by atoms with Gasteiger partial charge in [-0.15, -0.1) is 0 Å². The number of aliphatic hydroxyl groups excluding tert-OH is 1. The van der Waals surface area contributed by atoms with Gasteiger partial charge in [0.15, 0.2) is 12.0 Å². The summed E-state index contributed by atoms with van der Waals surface area (Å²) in [6.45, 7) is 0. The second-order valence-corrected chi connectivity index (χ2v) is 8.29. The molecule has 1 atom stereocenters. The number of aromatic nitrogens is 1. The summed E-state index contributed by atoms with van der Waals surface area (Å²) in [5.41, 5.74) is -0.490. The van der Waals surface area contributed by atoms with E-state index in [2.05, 4.69) is 10.3 Å². The van der Waals surface area contributed by atoms with Gasteiger partial charge in [0.05, 0.1) is 18.9 Å². The maximum absolute atomic E-state index is 12.6. The first-order valence-electron chi connectivity index (χ1n) is 9.28. The molecule has 3 aromatic rings. The highest BCUT2D eigenvalue weighted by atomic mass is 32.2. The van der Waals surface area contributed by atoms with E-state index >= 15 is 0 Å². The minimum absolute atomic E-state index is 0.0616. The molecule has 0 amide bonds. The molecule has 0 radical (unpaired) electrons. The van der Waals surface area contributed by atoms with Gasteiger partial charge in [-0.25, -0.2) is 0 Å². The third kappa shape index (κ3) is 6.49. The quantitative estimate of drug-likeness (QED) is 0.359. The molecule has 0 spiro atoms. The highest BCUT2D eigenvalue weighted by Crippen LogP contribution is 2.35. The molecular weight excluding hydrogens is 465 g/mol. The summed E-state index contributed by atoms with van der Waals surface area (Å²) >= 11 is 0. The van der Waals surface area contributed by atoms with Crippen LogP contribution in [0, 0.1) is 0 Å². The molecule has 0 saturated heterocycles. The van der Waals surface area contributed by atoms with Crippen molar-refractivity contribution in [3.05, 3.63) is 72.1 Å². The number of benzene rings is 2. The van der Waals surface area contributed by atoms with Crippen molar-refractivity contribution in [3.8, 4) is 23.0 Å². The van der Waals surface area contributed by atoms with E-state index in [-0.39, 0.29) is 22.9 Å². The van der Waals surface area contributed by atoms with Gasteiger partial charge >= 0.3 is 16.3 Å². The maximum Gasteiger partial charge on any atom is 0.416 e. The predicted octanol–water partition coefficient (Wildman–Crippen LogP) is 4.34. The SMILES string of the molecule is COc1ccnc(C(O)Nc2ccc(Oc3ccc(C(F)(F)F)cc3)cc2)c1OS(C)(=O)=O. The lowest BCUT2D eigenvalue weighted by atomic mass is 10.2. The molecule has 0 fully saturated rings. The van der Waals surface area contributed by atoms with Crippen LogP contribution in [0.4, 0.5) is 18.9 Å². The van der Waals surface area contributed by atoms with E-state index in [9.17, 15) is 26.7 Å². The number of nitrogens with zero attached hydrogens (tertiary/aromatic N) is 1. The van der Waals surface area contributed by atoms with E-state index in [1.165, 1.54) is 43.6 Å². The maximum atomic E-state index is 12.6. The van der Waals surface area contributed by atoms with Crippen LogP contribution in [0.3, 0.4) is 0 Å². The topological polar surface area (TPSA) is 107 Å². The van der Waals surface area contributed by atoms with Gasteiger partial charge in [0.25, 0.3) is 0 Å². The fourth-order valence-electron chi connectivity index (χ4n) is 2.73. The first-order chi connectivity index (χ1) is 15.5. The zero-order valence-electron chi connectivity index (χ0n) is 17.3. The number of anilines is 1. The number of rotatable bonds is 8. The van der Waals surface area contributed by atoms with Gasteiger partial charge in [0.2, 0.25) is 5.75 Å². The van der Waals surface area contributed by atoms with E-state index in [1.54, 1.807) is 12.1 Å². The van der Waals surface area contributed by atoms with Crippen molar-refractivity contribution in [3.63, 3.8) is 0 Å². The van der Waals surface area contributed by atoms with Gasteiger partial charge in [-0.1, -0.05) is 0 Å². The van der Waals surface area contributed by atoms with Crippen molar-refractivity contribution in [2.75, 3.05) is 18.7 Å². The van der Waals surface area contributed by atoms with E-state index in [0.717, 1.165) is 18.4 Å². The van der Waals surface area contributed by atoms with Gasteiger partial charge in [-0.2, -0.15) is 21.6 Å². The standard InChI is InChI=1S/C21H19F3N2O6S/c1-30-17-11-12-25-18(19(17)32-33(2,28)29)20(27)26-14-5-9-16(10-6-14)31-15-7-3-13(4-8-15)21(22,23)24/h3-12,20,26-27H,1-2H3. The molecule has 1 heterocycles. The monoisotopic (exact) mass is 484 g/mol. The summed E-state index contributed by atoms with van der Waals surface area (Å²) in [5, 5.41) is 13.3. The number of ether oxygens (including phenoxy) is 2. The van der Waals surface area contributed by atoms with E-state index in [1.807, 2.05) is 0 Å². The van der Waals surface area contributed by atoms with E-state index in [0.29, 0.717) is 11.4 Å². The smallest absolute Gasteiger partial charge is 0.416 e. The van der Waals surface area contributed by atoms with Crippen molar-refractivity contribution >= 4 is 15.8 Å². The molecule has 3 rings (SSSR count). The average Bonchev–Trinajstić information content (AvgIpc) is 2.74. The Bertz CT molecular complexity index is 1200. The minimum Gasteiger partial charge on any atom is -0.493 e. The van der Waals surface area contributed by atoms with Crippen LogP contribution in [0.1, 0.15) is 17.5 Å². The first-order valence-corrected chi connectivity index (χ1v) is 11.1. The molecule has 0 aliphatic rings. The molecule has 8 nitrogen and oxygen atoms in total. The van der Waals surface area contributed by atoms with Crippen LogP contribution in [0.2, 0.25) is 0 Å². The van der Waals surface area contributed by atoms with Crippen LogP contribution in [0.5, 0.6) is 23.0 Å². The number of halogens is 3. The van der Waals surface area contributed by atoms with Crippen molar-refractivity contribution in [1.29, 1.82) is 0 Å². The van der Waals surface area contributed by atoms with Crippen LogP contribution in [0.15, 0.2) is 60.8 Å². The normalized spacial score (nSPS) is 12.7. The third-order valence-electron chi connectivity index (χ3n) is 4.18. The van der Waals surface area contributed by atoms with Gasteiger partial charge in [0.1, 0.15) is 17.2 Å². The zero-order chi connectivity index (χ0) is 24.2. The second-order valence-electron chi connectivity index (χ2n) is 6.71. The molecule has 0 bridgehead atoms.